The summed E-state index contributed by atoms with van der Waals surface area (Å²) in [5.74, 6) is -0.309. The SMILES string of the molecule is CC(C)(C)OC(=O)c1cccc2ncccc12. The van der Waals surface area contributed by atoms with E-state index in [2.05, 4.69) is 4.98 Å². The van der Waals surface area contributed by atoms with E-state index in [4.69, 9.17) is 4.74 Å². The van der Waals surface area contributed by atoms with Gasteiger partial charge in [-0.1, -0.05) is 12.1 Å². The molecule has 0 spiro atoms. The Morgan fingerprint density at radius 2 is 1.94 bits per heavy atom. The first-order valence-electron chi connectivity index (χ1n) is 5.54. The molecular formula is C14H15NO2. The van der Waals surface area contributed by atoms with Crippen molar-refractivity contribution < 1.29 is 9.53 Å². The van der Waals surface area contributed by atoms with Crippen LogP contribution in [0.2, 0.25) is 0 Å². The molecule has 0 bridgehead atoms. The van der Waals surface area contributed by atoms with Gasteiger partial charge >= 0.3 is 5.97 Å². The topological polar surface area (TPSA) is 39.2 Å². The van der Waals surface area contributed by atoms with E-state index in [1.165, 1.54) is 0 Å². The Kier molecular flexibility index (Phi) is 2.84. The fraction of sp³-hybridized carbons (Fsp3) is 0.286. The second-order valence-electron chi connectivity index (χ2n) is 4.88. The van der Waals surface area contributed by atoms with Crippen molar-refractivity contribution in [1.82, 2.24) is 4.98 Å². The predicted octanol–water partition coefficient (Wildman–Crippen LogP) is 3.19. The number of carbonyl (C=O) groups is 1. The van der Waals surface area contributed by atoms with Gasteiger partial charge in [-0.3, -0.25) is 4.98 Å². The Morgan fingerprint density at radius 1 is 1.18 bits per heavy atom. The molecule has 1 heterocycles. The van der Waals surface area contributed by atoms with Gasteiger partial charge in [0.1, 0.15) is 5.60 Å². The lowest BCUT2D eigenvalue weighted by atomic mass is 10.1. The second-order valence-corrected chi connectivity index (χ2v) is 4.88. The summed E-state index contributed by atoms with van der Waals surface area (Å²) in [4.78, 5) is 16.2. The van der Waals surface area contributed by atoms with E-state index in [0.717, 1.165) is 10.9 Å². The maximum Gasteiger partial charge on any atom is 0.339 e. The smallest absolute Gasteiger partial charge is 0.339 e. The minimum absolute atomic E-state index is 0.309. The van der Waals surface area contributed by atoms with Crippen LogP contribution in [0, 0.1) is 0 Å². The number of aromatic nitrogens is 1. The zero-order valence-corrected chi connectivity index (χ0v) is 10.2. The third kappa shape index (κ3) is 2.61. The molecule has 88 valence electrons. The monoisotopic (exact) mass is 229 g/mol. The van der Waals surface area contributed by atoms with Crippen molar-refractivity contribution in [2.24, 2.45) is 0 Å². The molecule has 0 atom stereocenters. The van der Waals surface area contributed by atoms with Crippen molar-refractivity contribution in [3.8, 4) is 0 Å². The number of hydrogen-bond donors (Lipinski definition) is 0. The van der Waals surface area contributed by atoms with Gasteiger partial charge in [0.2, 0.25) is 0 Å². The zero-order valence-electron chi connectivity index (χ0n) is 10.2. The standard InChI is InChI=1S/C14H15NO2/c1-14(2,3)17-13(16)11-6-4-8-12-10(11)7-5-9-15-12/h4-9H,1-3H3. The van der Waals surface area contributed by atoms with Gasteiger partial charge in [0, 0.05) is 11.6 Å². The molecule has 0 amide bonds. The second kappa shape index (κ2) is 4.17. The Morgan fingerprint density at radius 3 is 2.65 bits per heavy atom. The summed E-state index contributed by atoms with van der Waals surface area (Å²) in [5, 5.41) is 0.823. The molecule has 2 aromatic rings. The molecular weight excluding hydrogens is 214 g/mol. The third-order valence-electron chi connectivity index (χ3n) is 2.26. The molecule has 1 aromatic carbocycles. The van der Waals surface area contributed by atoms with Crippen LogP contribution in [0.15, 0.2) is 36.5 Å². The van der Waals surface area contributed by atoms with E-state index in [1.54, 1.807) is 12.3 Å². The number of esters is 1. The average molecular weight is 229 g/mol. The van der Waals surface area contributed by atoms with Gasteiger partial charge in [0.05, 0.1) is 11.1 Å². The van der Waals surface area contributed by atoms with Crippen molar-refractivity contribution >= 4 is 16.9 Å². The Hall–Kier alpha value is -1.90. The van der Waals surface area contributed by atoms with E-state index >= 15 is 0 Å². The largest absolute Gasteiger partial charge is 0.456 e. The van der Waals surface area contributed by atoms with Crippen LogP contribution in [0.1, 0.15) is 31.1 Å². The molecule has 0 saturated heterocycles. The molecule has 0 aliphatic carbocycles. The summed E-state index contributed by atoms with van der Waals surface area (Å²) < 4.78 is 5.37. The van der Waals surface area contributed by atoms with Gasteiger partial charge in [-0.25, -0.2) is 4.79 Å². The summed E-state index contributed by atoms with van der Waals surface area (Å²) in [6, 6.07) is 9.15. The first-order valence-corrected chi connectivity index (χ1v) is 5.54. The number of benzene rings is 1. The Bertz CT molecular complexity index is 550. The lowest BCUT2D eigenvalue weighted by Gasteiger charge is -2.19. The van der Waals surface area contributed by atoms with Crippen LogP contribution in [-0.2, 0) is 4.74 Å². The van der Waals surface area contributed by atoms with Crippen molar-refractivity contribution in [2.45, 2.75) is 26.4 Å². The average Bonchev–Trinajstić information content (AvgIpc) is 2.26. The quantitative estimate of drug-likeness (QED) is 0.705. The molecule has 0 aliphatic rings. The minimum Gasteiger partial charge on any atom is -0.456 e. The normalized spacial score (nSPS) is 11.5. The summed E-state index contributed by atoms with van der Waals surface area (Å²) in [6.07, 6.45) is 1.71. The van der Waals surface area contributed by atoms with Gasteiger partial charge in [0.25, 0.3) is 0 Å². The molecule has 0 unspecified atom stereocenters. The molecule has 0 saturated carbocycles. The molecule has 0 N–H and O–H groups in total. The van der Waals surface area contributed by atoms with Crippen LogP contribution >= 0.6 is 0 Å². The van der Waals surface area contributed by atoms with Gasteiger partial charge in [-0.15, -0.1) is 0 Å². The number of carbonyl (C=O) groups excluding carboxylic acids is 1. The first kappa shape index (κ1) is 11.6. The van der Waals surface area contributed by atoms with Crippen LogP contribution in [-0.4, -0.2) is 16.6 Å². The minimum atomic E-state index is -0.485. The zero-order chi connectivity index (χ0) is 12.5. The van der Waals surface area contributed by atoms with Crippen molar-refractivity contribution in [2.75, 3.05) is 0 Å². The first-order chi connectivity index (χ1) is 7.97. The third-order valence-corrected chi connectivity index (χ3v) is 2.26. The summed E-state index contributed by atoms with van der Waals surface area (Å²) in [5.41, 5.74) is 0.878. The van der Waals surface area contributed by atoms with E-state index < -0.39 is 5.60 Å². The molecule has 0 aliphatic heterocycles. The number of rotatable bonds is 1. The van der Waals surface area contributed by atoms with Crippen molar-refractivity contribution in [3.05, 3.63) is 42.1 Å². The van der Waals surface area contributed by atoms with Crippen LogP contribution in [0.4, 0.5) is 0 Å². The lowest BCUT2D eigenvalue weighted by Crippen LogP contribution is -2.24. The van der Waals surface area contributed by atoms with Crippen molar-refractivity contribution in [3.63, 3.8) is 0 Å². The molecule has 0 fully saturated rings. The van der Waals surface area contributed by atoms with Crippen LogP contribution in [0.25, 0.3) is 10.9 Å². The van der Waals surface area contributed by atoms with Gasteiger partial charge in [0.15, 0.2) is 0 Å². The van der Waals surface area contributed by atoms with E-state index in [-0.39, 0.29) is 5.97 Å². The molecule has 17 heavy (non-hydrogen) atoms. The molecule has 1 aromatic heterocycles. The Labute approximate surface area is 100 Å². The highest BCUT2D eigenvalue weighted by Crippen LogP contribution is 2.19. The molecule has 3 heteroatoms. The summed E-state index contributed by atoms with van der Waals surface area (Å²) >= 11 is 0. The maximum absolute atomic E-state index is 12.0. The van der Waals surface area contributed by atoms with Crippen LogP contribution < -0.4 is 0 Å². The number of fused-ring (bicyclic) bond motifs is 1. The van der Waals surface area contributed by atoms with Gasteiger partial charge < -0.3 is 4.74 Å². The molecule has 2 rings (SSSR count). The van der Waals surface area contributed by atoms with Gasteiger partial charge in [-0.2, -0.15) is 0 Å². The van der Waals surface area contributed by atoms with Gasteiger partial charge in [-0.05, 0) is 39.0 Å². The number of pyridine rings is 1. The summed E-state index contributed by atoms with van der Waals surface area (Å²) in [7, 11) is 0. The number of nitrogens with zero attached hydrogens (tertiary/aromatic N) is 1. The maximum atomic E-state index is 12.0. The predicted molar refractivity (Wildman–Crippen MR) is 66.9 cm³/mol. The van der Waals surface area contributed by atoms with E-state index in [9.17, 15) is 4.79 Å². The highest BCUT2D eigenvalue weighted by atomic mass is 16.6. The number of ether oxygens (including phenoxy) is 1. The van der Waals surface area contributed by atoms with Crippen molar-refractivity contribution in [1.29, 1.82) is 0 Å². The highest BCUT2D eigenvalue weighted by molar-refractivity contribution is 6.03. The number of hydrogen-bond acceptors (Lipinski definition) is 3. The Balaban J connectivity index is 2.45. The van der Waals surface area contributed by atoms with E-state index in [1.807, 2.05) is 45.0 Å². The summed E-state index contributed by atoms with van der Waals surface area (Å²) in [6.45, 7) is 5.57. The van der Waals surface area contributed by atoms with E-state index in [0.29, 0.717) is 5.56 Å². The lowest BCUT2D eigenvalue weighted by molar-refractivity contribution is 0.00718. The molecule has 0 radical (unpaired) electrons. The fourth-order valence-corrected chi connectivity index (χ4v) is 1.61. The highest BCUT2D eigenvalue weighted by Gasteiger charge is 2.19. The molecule has 3 nitrogen and oxygen atoms in total. The van der Waals surface area contributed by atoms with Crippen LogP contribution in [0.3, 0.4) is 0 Å². The fourth-order valence-electron chi connectivity index (χ4n) is 1.61. The van der Waals surface area contributed by atoms with Crippen LogP contribution in [0.5, 0.6) is 0 Å².